The third-order valence-electron chi connectivity index (χ3n) is 4.89. The van der Waals surface area contributed by atoms with Crippen LogP contribution in [0.3, 0.4) is 0 Å². The van der Waals surface area contributed by atoms with Crippen molar-refractivity contribution in [2.75, 3.05) is 0 Å². The summed E-state index contributed by atoms with van der Waals surface area (Å²) >= 11 is 0. The summed E-state index contributed by atoms with van der Waals surface area (Å²) in [5, 5.41) is 0. The fourth-order valence-corrected chi connectivity index (χ4v) is 3.53. The number of hydrogen-bond donors (Lipinski definition) is 0. The van der Waals surface area contributed by atoms with E-state index < -0.39 is 6.08 Å². The zero-order valence-corrected chi connectivity index (χ0v) is 13.4. The molecule has 0 unspecified atom stereocenters. The summed E-state index contributed by atoms with van der Waals surface area (Å²) in [4.78, 5) is 0. The molecule has 1 saturated carbocycles. The second-order valence-electron chi connectivity index (χ2n) is 6.49. The summed E-state index contributed by atoms with van der Waals surface area (Å²) in [7, 11) is 0. The number of halogens is 2. The lowest BCUT2D eigenvalue weighted by Crippen LogP contribution is -2.27. The van der Waals surface area contributed by atoms with Crippen LogP contribution in [0.25, 0.3) is 0 Å². The maximum atomic E-state index is 13.4. The van der Waals surface area contributed by atoms with Gasteiger partial charge in [0.15, 0.2) is 0 Å². The van der Waals surface area contributed by atoms with Gasteiger partial charge in [-0.05, 0) is 49.7 Å². The fourth-order valence-electron chi connectivity index (χ4n) is 3.53. The summed E-state index contributed by atoms with van der Waals surface area (Å²) in [6, 6.07) is 18.2. The van der Waals surface area contributed by atoms with Gasteiger partial charge in [0, 0.05) is 11.5 Å². The van der Waals surface area contributed by atoms with E-state index in [0.29, 0.717) is 5.57 Å². The number of benzene rings is 2. The Kier molecular flexibility index (Phi) is 4.90. The predicted octanol–water partition coefficient (Wildman–Crippen LogP) is 6.27. The standard InChI is InChI=1S/C21H22F2/c1-15-10-12-17(13-11-15)19-14-18(20(19)21(22)23)9-5-8-16-6-3-2-4-7-16/h2-4,6-7,10-13,18-19H,5,8-9,14H2,1H3/t18-,19+/m0/s1. The number of aryl methyl sites for hydroxylation is 2. The third kappa shape index (κ3) is 3.69. The molecule has 2 aromatic rings. The van der Waals surface area contributed by atoms with Crippen LogP contribution in [0.5, 0.6) is 0 Å². The zero-order chi connectivity index (χ0) is 16.2. The van der Waals surface area contributed by atoms with Gasteiger partial charge in [-0.15, -0.1) is 0 Å². The molecule has 2 aromatic carbocycles. The molecular formula is C21H22F2. The summed E-state index contributed by atoms with van der Waals surface area (Å²) in [5.74, 6) is -0.0302. The molecule has 0 amide bonds. The lowest BCUT2D eigenvalue weighted by atomic mass is 9.65. The van der Waals surface area contributed by atoms with E-state index in [2.05, 4.69) is 12.1 Å². The van der Waals surface area contributed by atoms with Crippen molar-refractivity contribution >= 4 is 0 Å². The van der Waals surface area contributed by atoms with Gasteiger partial charge in [-0.1, -0.05) is 60.2 Å². The maximum Gasteiger partial charge on any atom is 0.270 e. The molecule has 1 fully saturated rings. The molecule has 1 aliphatic rings. The monoisotopic (exact) mass is 312 g/mol. The minimum absolute atomic E-state index is 0.0509. The Balaban J connectivity index is 1.60. The Hall–Kier alpha value is -1.96. The van der Waals surface area contributed by atoms with Crippen LogP contribution in [0.2, 0.25) is 0 Å². The molecule has 0 spiro atoms. The normalized spacial score (nSPS) is 20.2. The highest BCUT2D eigenvalue weighted by atomic mass is 19.3. The summed E-state index contributed by atoms with van der Waals surface area (Å²) in [5.41, 5.74) is 3.85. The van der Waals surface area contributed by atoms with Crippen LogP contribution in [-0.2, 0) is 6.42 Å². The fraction of sp³-hybridized carbons (Fsp3) is 0.333. The molecule has 3 rings (SSSR count). The average Bonchev–Trinajstić information content (AvgIpc) is 2.52. The van der Waals surface area contributed by atoms with Crippen molar-refractivity contribution in [3.05, 3.63) is 82.9 Å². The van der Waals surface area contributed by atoms with Crippen LogP contribution in [0, 0.1) is 12.8 Å². The Morgan fingerprint density at radius 2 is 1.70 bits per heavy atom. The van der Waals surface area contributed by atoms with Gasteiger partial charge in [-0.2, -0.15) is 8.78 Å². The quantitative estimate of drug-likeness (QED) is 0.610. The molecule has 0 aromatic heterocycles. The van der Waals surface area contributed by atoms with Crippen LogP contribution in [-0.4, -0.2) is 0 Å². The van der Waals surface area contributed by atoms with Gasteiger partial charge < -0.3 is 0 Å². The SMILES string of the molecule is Cc1ccc([C@H]2C[C@H](CCCc3ccccc3)C2=C(F)F)cc1. The van der Waals surface area contributed by atoms with Gasteiger partial charge in [-0.3, -0.25) is 0 Å². The Morgan fingerprint density at radius 1 is 1.00 bits per heavy atom. The molecule has 0 radical (unpaired) electrons. The largest absolute Gasteiger partial charge is 0.270 e. The van der Waals surface area contributed by atoms with Gasteiger partial charge in [0.05, 0.1) is 0 Å². The van der Waals surface area contributed by atoms with Crippen molar-refractivity contribution in [1.82, 2.24) is 0 Å². The van der Waals surface area contributed by atoms with Crippen molar-refractivity contribution in [2.45, 2.75) is 38.5 Å². The Bertz CT molecular complexity index is 667. The lowest BCUT2D eigenvalue weighted by Gasteiger charge is -2.38. The second-order valence-corrected chi connectivity index (χ2v) is 6.49. The van der Waals surface area contributed by atoms with E-state index >= 15 is 0 Å². The lowest BCUT2D eigenvalue weighted by molar-refractivity contribution is 0.299. The van der Waals surface area contributed by atoms with E-state index in [1.165, 1.54) is 11.1 Å². The molecule has 0 nitrogen and oxygen atoms in total. The van der Waals surface area contributed by atoms with E-state index in [1.807, 2.05) is 49.4 Å². The summed E-state index contributed by atoms with van der Waals surface area (Å²) < 4.78 is 26.7. The van der Waals surface area contributed by atoms with Crippen LogP contribution >= 0.6 is 0 Å². The summed E-state index contributed by atoms with van der Waals surface area (Å²) in [6.07, 6.45) is 2.17. The topological polar surface area (TPSA) is 0 Å². The molecule has 120 valence electrons. The van der Waals surface area contributed by atoms with Crippen LogP contribution in [0.1, 0.15) is 41.9 Å². The van der Waals surface area contributed by atoms with Crippen LogP contribution < -0.4 is 0 Å². The molecule has 0 aliphatic heterocycles. The molecule has 0 bridgehead atoms. The average molecular weight is 312 g/mol. The van der Waals surface area contributed by atoms with E-state index in [1.54, 1.807) is 0 Å². The molecule has 0 heterocycles. The van der Waals surface area contributed by atoms with Crippen molar-refractivity contribution in [3.63, 3.8) is 0 Å². The van der Waals surface area contributed by atoms with Gasteiger partial charge >= 0.3 is 0 Å². The molecule has 0 N–H and O–H groups in total. The van der Waals surface area contributed by atoms with E-state index in [0.717, 1.165) is 31.2 Å². The van der Waals surface area contributed by atoms with E-state index in [4.69, 9.17) is 0 Å². The number of rotatable bonds is 5. The molecule has 23 heavy (non-hydrogen) atoms. The molecular weight excluding hydrogens is 290 g/mol. The maximum absolute atomic E-state index is 13.4. The number of hydrogen-bond acceptors (Lipinski definition) is 0. The van der Waals surface area contributed by atoms with Gasteiger partial charge in [0.1, 0.15) is 0 Å². The first-order chi connectivity index (χ1) is 11.1. The Morgan fingerprint density at radius 3 is 2.35 bits per heavy atom. The third-order valence-corrected chi connectivity index (χ3v) is 4.89. The predicted molar refractivity (Wildman–Crippen MR) is 90.6 cm³/mol. The summed E-state index contributed by atoms with van der Waals surface area (Å²) in [6.45, 7) is 2.02. The first kappa shape index (κ1) is 15.9. The van der Waals surface area contributed by atoms with E-state index in [9.17, 15) is 8.78 Å². The van der Waals surface area contributed by atoms with Crippen LogP contribution in [0.4, 0.5) is 8.78 Å². The van der Waals surface area contributed by atoms with Crippen molar-refractivity contribution in [3.8, 4) is 0 Å². The van der Waals surface area contributed by atoms with Crippen LogP contribution in [0.15, 0.2) is 66.3 Å². The van der Waals surface area contributed by atoms with Gasteiger partial charge in [-0.25, -0.2) is 0 Å². The first-order valence-corrected chi connectivity index (χ1v) is 8.30. The molecule has 1 aliphatic carbocycles. The van der Waals surface area contributed by atoms with Gasteiger partial charge in [0.2, 0.25) is 0 Å². The highest BCUT2D eigenvalue weighted by Crippen LogP contribution is 2.51. The van der Waals surface area contributed by atoms with Gasteiger partial charge in [0.25, 0.3) is 6.08 Å². The smallest absolute Gasteiger partial charge is 0.173 e. The number of allylic oxidation sites excluding steroid dienone is 1. The molecule has 2 atom stereocenters. The van der Waals surface area contributed by atoms with Crippen molar-refractivity contribution < 1.29 is 8.78 Å². The van der Waals surface area contributed by atoms with E-state index in [-0.39, 0.29) is 11.8 Å². The minimum Gasteiger partial charge on any atom is -0.173 e. The molecule has 2 heteroatoms. The highest BCUT2D eigenvalue weighted by Gasteiger charge is 2.39. The Labute approximate surface area is 136 Å². The first-order valence-electron chi connectivity index (χ1n) is 8.30. The zero-order valence-electron chi connectivity index (χ0n) is 13.4. The second kappa shape index (κ2) is 7.08. The highest BCUT2D eigenvalue weighted by molar-refractivity contribution is 5.38. The van der Waals surface area contributed by atoms with Crippen molar-refractivity contribution in [2.24, 2.45) is 5.92 Å². The van der Waals surface area contributed by atoms with Crippen molar-refractivity contribution in [1.29, 1.82) is 0 Å². The molecule has 0 saturated heterocycles. The minimum atomic E-state index is -1.47.